The Kier molecular flexibility index (Phi) is 15.0. The van der Waals surface area contributed by atoms with Gasteiger partial charge in [-0.15, -0.1) is 0 Å². The average Bonchev–Trinajstić information content (AvgIpc) is 2.64. The highest BCUT2D eigenvalue weighted by Crippen LogP contribution is 2.28. The van der Waals surface area contributed by atoms with Gasteiger partial charge < -0.3 is 26.2 Å². The van der Waals surface area contributed by atoms with Gasteiger partial charge in [-0.3, -0.25) is 0 Å². The van der Waals surface area contributed by atoms with Crippen molar-refractivity contribution in [2.75, 3.05) is 33.8 Å². The van der Waals surface area contributed by atoms with Crippen LogP contribution in [0.15, 0.2) is 6.07 Å². The molecule has 0 unspecified atom stereocenters. The van der Waals surface area contributed by atoms with Crippen molar-refractivity contribution < 1.29 is 26.2 Å². The molecule has 0 saturated carbocycles. The highest BCUT2D eigenvalue weighted by Gasteiger charge is 2.16. The Balaban J connectivity index is 0.00000784. The molecule has 0 spiro atoms. The third-order valence-corrected chi connectivity index (χ3v) is 6.36. The number of likely N-dealkylation sites (N-methyl/N-ethyl adjacent to an activating group) is 1. The van der Waals surface area contributed by atoms with Gasteiger partial charge in [-0.05, 0) is 62.8 Å². The number of quaternary nitrogens is 1. The lowest BCUT2D eigenvalue weighted by Crippen LogP contribution is -3.00. The summed E-state index contributed by atoms with van der Waals surface area (Å²) in [5.41, 5.74) is 5.25. The molecule has 0 bridgehead atoms. The van der Waals surface area contributed by atoms with Gasteiger partial charge in [0.15, 0.2) is 0 Å². The summed E-state index contributed by atoms with van der Waals surface area (Å²) >= 11 is 0. The molecule has 0 radical (unpaired) electrons. The number of aryl methyl sites for hydroxylation is 2. The molecule has 1 aromatic carbocycles. The maximum Gasteiger partial charge on any atom is 0.137 e. The summed E-state index contributed by atoms with van der Waals surface area (Å²) in [5, 5.41) is 0. The molecule has 2 nitrogen and oxygen atoms in total. The third-order valence-electron chi connectivity index (χ3n) is 6.36. The van der Waals surface area contributed by atoms with Crippen LogP contribution in [0.25, 0.3) is 0 Å². The van der Waals surface area contributed by atoms with E-state index in [0.29, 0.717) is 0 Å². The first kappa shape index (κ1) is 28.5. The van der Waals surface area contributed by atoms with Gasteiger partial charge in [0.1, 0.15) is 18.9 Å². The molecule has 0 fully saturated rings. The Morgan fingerprint density at radius 1 is 0.690 bits per heavy atom. The second-order valence-electron chi connectivity index (χ2n) is 9.50. The standard InChI is InChI=1S/C26H48NO.BrH/c1-8-9-10-11-12-13-14-15-16-17-18-27(6,7)19-20-28-26-24(4)22(2)21-23(3)25(26)5;/h21H,8-20H2,1-7H3;1H/q+1;/p-1. The number of unbranched alkanes of at least 4 members (excludes halogenated alkanes) is 9. The van der Waals surface area contributed by atoms with Crippen molar-refractivity contribution in [3.63, 3.8) is 0 Å². The molecule has 0 N–H and O–H groups in total. The molecular formula is C26H48BrNO. The van der Waals surface area contributed by atoms with Crippen molar-refractivity contribution in [2.24, 2.45) is 0 Å². The van der Waals surface area contributed by atoms with Crippen molar-refractivity contribution >= 4 is 0 Å². The summed E-state index contributed by atoms with van der Waals surface area (Å²) in [6, 6.07) is 2.27. The van der Waals surface area contributed by atoms with Gasteiger partial charge in [-0.2, -0.15) is 0 Å². The van der Waals surface area contributed by atoms with Crippen LogP contribution in [0.4, 0.5) is 0 Å². The van der Waals surface area contributed by atoms with Gasteiger partial charge in [-0.1, -0.05) is 64.4 Å². The SMILES string of the molecule is CCCCCCCCCCCC[N+](C)(C)CCOc1c(C)c(C)cc(C)c1C.[Br-]. The smallest absolute Gasteiger partial charge is 0.137 e. The fraction of sp³-hybridized carbons (Fsp3) is 0.769. The lowest BCUT2D eigenvalue weighted by Gasteiger charge is -2.30. The average molecular weight is 471 g/mol. The molecular weight excluding hydrogens is 422 g/mol. The largest absolute Gasteiger partial charge is 1.00 e. The van der Waals surface area contributed by atoms with Crippen LogP contribution < -0.4 is 21.7 Å². The Labute approximate surface area is 192 Å². The summed E-state index contributed by atoms with van der Waals surface area (Å²) < 4.78 is 7.30. The quantitative estimate of drug-likeness (QED) is 0.274. The Morgan fingerprint density at radius 3 is 1.62 bits per heavy atom. The maximum atomic E-state index is 6.25. The Hall–Kier alpha value is -0.540. The lowest BCUT2D eigenvalue weighted by molar-refractivity contribution is -0.890. The summed E-state index contributed by atoms with van der Waals surface area (Å²) in [6.07, 6.45) is 14.1. The molecule has 29 heavy (non-hydrogen) atoms. The number of rotatable bonds is 15. The highest BCUT2D eigenvalue weighted by atomic mass is 79.9. The minimum Gasteiger partial charge on any atom is -1.00 e. The van der Waals surface area contributed by atoms with E-state index in [9.17, 15) is 0 Å². The molecule has 0 aliphatic heterocycles. The number of halogens is 1. The molecule has 0 atom stereocenters. The Bertz CT molecular complexity index is 542. The van der Waals surface area contributed by atoms with Crippen LogP contribution in [0.5, 0.6) is 5.75 Å². The van der Waals surface area contributed by atoms with E-state index in [1.54, 1.807) is 0 Å². The van der Waals surface area contributed by atoms with E-state index in [1.807, 2.05) is 0 Å². The summed E-state index contributed by atoms with van der Waals surface area (Å²) in [4.78, 5) is 0. The fourth-order valence-corrected chi connectivity index (χ4v) is 3.93. The van der Waals surface area contributed by atoms with E-state index in [2.05, 4.69) is 54.8 Å². The predicted molar refractivity (Wildman–Crippen MR) is 125 cm³/mol. The van der Waals surface area contributed by atoms with Crippen LogP contribution in [0.2, 0.25) is 0 Å². The van der Waals surface area contributed by atoms with Crippen LogP contribution in [-0.2, 0) is 0 Å². The summed E-state index contributed by atoms with van der Waals surface area (Å²) in [7, 11) is 4.69. The summed E-state index contributed by atoms with van der Waals surface area (Å²) in [5.74, 6) is 1.11. The molecule has 0 amide bonds. The fourth-order valence-electron chi connectivity index (χ4n) is 3.93. The van der Waals surface area contributed by atoms with Gasteiger partial charge in [0.2, 0.25) is 0 Å². The van der Waals surface area contributed by atoms with Gasteiger partial charge in [0.05, 0.1) is 20.6 Å². The first-order chi connectivity index (χ1) is 13.3. The van der Waals surface area contributed by atoms with Crippen LogP contribution >= 0.6 is 0 Å². The van der Waals surface area contributed by atoms with Crippen molar-refractivity contribution in [1.82, 2.24) is 0 Å². The zero-order valence-electron chi connectivity index (χ0n) is 20.5. The van der Waals surface area contributed by atoms with Crippen molar-refractivity contribution in [2.45, 2.75) is 98.8 Å². The molecule has 1 rings (SSSR count). The third kappa shape index (κ3) is 11.4. The number of benzene rings is 1. The minimum atomic E-state index is 0. The topological polar surface area (TPSA) is 9.23 Å². The number of hydrogen-bond donors (Lipinski definition) is 0. The molecule has 170 valence electrons. The molecule has 3 heteroatoms. The maximum absolute atomic E-state index is 6.25. The summed E-state index contributed by atoms with van der Waals surface area (Å²) in [6.45, 7) is 14.1. The minimum absolute atomic E-state index is 0. The molecule has 0 saturated heterocycles. The number of hydrogen-bond acceptors (Lipinski definition) is 1. The number of ether oxygens (including phenoxy) is 1. The van der Waals surface area contributed by atoms with Crippen molar-refractivity contribution in [1.29, 1.82) is 0 Å². The van der Waals surface area contributed by atoms with E-state index < -0.39 is 0 Å². The van der Waals surface area contributed by atoms with E-state index in [4.69, 9.17) is 4.74 Å². The first-order valence-corrected chi connectivity index (χ1v) is 11.8. The van der Waals surface area contributed by atoms with Crippen LogP contribution in [0, 0.1) is 27.7 Å². The van der Waals surface area contributed by atoms with Gasteiger partial charge in [-0.25, -0.2) is 0 Å². The normalized spacial score (nSPS) is 11.4. The molecule has 0 aromatic heterocycles. The molecule has 0 aliphatic rings. The monoisotopic (exact) mass is 469 g/mol. The second-order valence-corrected chi connectivity index (χ2v) is 9.50. The first-order valence-electron chi connectivity index (χ1n) is 11.8. The van der Waals surface area contributed by atoms with Gasteiger partial charge in [0, 0.05) is 0 Å². The van der Waals surface area contributed by atoms with Crippen LogP contribution in [0.1, 0.15) is 93.4 Å². The second kappa shape index (κ2) is 15.3. The lowest BCUT2D eigenvalue weighted by atomic mass is 10.0. The van der Waals surface area contributed by atoms with E-state index >= 15 is 0 Å². The van der Waals surface area contributed by atoms with E-state index in [1.165, 1.54) is 93.0 Å². The zero-order chi connectivity index (χ0) is 21.0. The predicted octanol–water partition coefficient (Wildman–Crippen LogP) is 4.30. The molecule has 1 aromatic rings. The van der Waals surface area contributed by atoms with E-state index in [0.717, 1.165) is 23.4 Å². The van der Waals surface area contributed by atoms with Crippen LogP contribution in [-0.4, -0.2) is 38.3 Å². The van der Waals surface area contributed by atoms with Crippen molar-refractivity contribution in [3.8, 4) is 5.75 Å². The molecule has 0 heterocycles. The molecule has 0 aliphatic carbocycles. The van der Waals surface area contributed by atoms with Crippen LogP contribution in [0.3, 0.4) is 0 Å². The highest BCUT2D eigenvalue weighted by molar-refractivity contribution is 5.48. The van der Waals surface area contributed by atoms with Crippen molar-refractivity contribution in [3.05, 3.63) is 28.3 Å². The van der Waals surface area contributed by atoms with Gasteiger partial charge >= 0.3 is 0 Å². The van der Waals surface area contributed by atoms with E-state index in [-0.39, 0.29) is 17.0 Å². The number of nitrogens with zero attached hydrogens (tertiary/aromatic N) is 1. The zero-order valence-corrected chi connectivity index (χ0v) is 22.1. The Morgan fingerprint density at radius 2 is 1.14 bits per heavy atom. The van der Waals surface area contributed by atoms with Gasteiger partial charge in [0.25, 0.3) is 0 Å².